The maximum absolute atomic E-state index is 13.6. The van der Waals surface area contributed by atoms with Crippen molar-refractivity contribution >= 4 is 35.1 Å². The molecule has 55 heavy (non-hydrogen) atoms. The molecule has 0 aliphatic carbocycles. The zero-order valence-corrected chi connectivity index (χ0v) is 30.5. The van der Waals surface area contributed by atoms with E-state index in [1.165, 1.54) is 25.3 Å². The van der Waals surface area contributed by atoms with Crippen LogP contribution in [-0.2, 0) is 10.2 Å². The molecule has 0 bridgehead atoms. The van der Waals surface area contributed by atoms with Crippen molar-refractivity contribution in [2.24, 2.45) is 0 Å². The number of esters is 1. The van der Waals surface area contributed by atoms with E-state index in [1.807, 2.05) is 67.7 Å². The third-order valence-corrected chi connectivity index (χ3v) is 9.74. The number of imide groups is 1. The van der Waals surface area contributed by atoms with Gasteiger partial charge in [0.1, 0.15) is 23.0 Å². The summed E-state index contributed by atoms with van der Waals surface area (Å²) in [5.41, 5.74) is 4.35. The highest BCUT2D eigenvalue weighted by Crippen LogP contribution is 2.36. The number of carboxylic acid groups (broad SMARTS) is 1. The lowest BCUT2D eigenvalue weighted by molar-refractivity contribution is 0.0582. The molecule has 0 saturated heterocycles. The van der Waals surface area contributed by atoms with Crippen molar-refractivity contribution in [2.45, 2.75) is 19.3 Å². The van der Waals surface area contributed by atoms with Gasteiger partial charge >= 0.3 is 11.9 Å². The van der Waals surface area contributed by atoms with Crippen molar-refractivity contribution in [1.82, 2.24) is 0 Å². The number of ether oxygens (including phenoxy) is 3. The Morgan fingerprint density at radius 3 is 1.58 bits per heavy atom. The lowest BCUT2D eigenvalue weighted by atomic mass is 9.78. The second-order valence-corrected chi connectivity index (χ2v) is 13.4. The Balaban J connectivity index is 1.01. The van der Waals surface area contributed by atoms with Gasteiger partial charge in [-0.15, -0.1) is 0 Å². The molecule has 0 fully saturated rings. The summed E-state index contributed by atoms with van der Waals surface area (Å²) in [5.74, 6) is -0.409. The van der Waals surface area contributed by atoms with E-state index in [0.29, 0.717) is 28.3 Å². The summed E-state index contributed by atoms with van der Waals surface area (Å²) >= 11 is 0. The maximum atomic E-state index is 13.6. The average Bonchev–Trinajstić information content (AvgIpc) is 3.46. The zero-order chi connectivity index (χ0) is 38.9. The molecule has 0 radical (unpaired) electrons. The molecule has 2 N–H and O–H groups in total. The monoisotopic (exact) mass is 732 g/mol. The summed E-state index contributed by atoms with van der Waals surface area (Å²) in [6.07, 6.45) is 0. The fraction of sp³-hybridized carbons (Fsp3) is 0.111. The quantitative estimate of drug-likeness (QED) is 0.0987. The van der Waals surface area contributed by atoms with Crippen LogP contribution in [0.25, 0.3) is 11.1 Å². The van der Waals surface area contributed by atoms with Crippen molar-refractivity contribution in [3.05, 3.63) is 167 Å². The highest BCUT2D eigenvalue weighted by molar-refractivity contribution is 6.34. The normalized spacial score (nSPS) is 12.3. The summed E-state index contributed by atoms with van der Waals surface area (Å²) < 4.78 is 16.8. The number of benzene rings is 6. The minimum atomic E-state index is -1.30. The fourth-order valence-corrected chi connectivity index (χ4v) is 6.51. The molecule has 7 rings (SSSR count). The van der Waals surface area contributed by atoms with Gasteiger partial charge in [-0.25, -0.2) is 14.5 Å². The first kappa shape index (κ1) is 36.2. The number of amides is 2. The summed E-state index contributed by atoms with van der Waals surface area (Å²) in [6.45, 7) is 4.32. The van der Waals surface area contributed by atoms with E-state index >= 15 is 0 Å². The summed E-state index contributed by atoms with van der Waals surface area (Å²) in [6, 6.07) is 39.4. The number of hydrogen-bond acceptors (Lipinski definition) is 8. The number of hydrogen-bond donors (Lipinski definition) is 2. The number of nitrogens with zero attached hydrogens (tertiary/aromatic N) is 1. The first-order valence-electron chi connectivity index (χ1n) is 17.4. The minimum Gasteiger partial charge on any atom is -0.478 e. The number of anilines is 2. The lowest BCUT2D eigenvalue weighted by Gasteiger charge is -2.26. The van der Waals surface area contributed by atoms with Gasteiger partial charge in [0.2, 0.25) is 0 Å². The van der Waals surface area contributed by atoms with Crippen LogP contribution in [0.15, 0.2) is 133 Å². The number of rotatable bonds is 11. The Kier molecular flexibility index (Phi) is 9.65. The van der Waals surface area contributed by atoms with E-state index in [9.17, 15) is 24.3 Å². The Bertz CT molecular complexity index is 2440. The van der Waals surface area contributed by atoms with Gasteiger partial charge in [-0.05, 0) is 119 Å². The maximum Gasteiger partial charge on any atom is 0.338 e. The second kappa shape index (κ2) is 14.7. The molecule has 0 saturated carbocycles. The molecule has 1 aliphatic rings. The molecule has 2 amide bonds. The van der Waals surface area contributed by atoms with E-state index in [0.717, 1.165) is 33.2 Å². The number of methoxy groups -OCH3 is 1. The molecule has 1 heterocycles. The molecule has 10 heteroatoms. The van der Waals surface area contributed by atoms with Crippen LogP contribution >= 0.6 is 0 Å². The number of carbonyl (C=O) groups is 4. The predicted octanol–water partition coefficient (Wildman–Crippen LogP) is 9.59. The number of nitrogens with one attached hydrogen (secondary N) is 1. The highest BCUT2D eigenvalue weighted by atomic mass is 16.5. The van der Waals surface area contributed by atoms with E-state index < -0.39 is 23.8 Å². The van der Waals surface area contributed by atoms with Gasteiger partial charge in [-0.1, -0.05) is 50.2 Å². The van der Waals surface area contributed by atoms with Crippen LogP contribution in [0.5, 0.6) is 23.0 Å². The van der Waals surface area contributed by atoms with Crippen LogP contribution in [0.4, 0.5) is 11.4 Å². The topological polar surface area (TPSA) is 131 Å². The van der Waals surface area contributed by atoms with Gasteiger partial charge in [-0.3, -0.25) is 9.59 Å². The Labute approximate surface area is 317 Å². The molecular formula is C45H36N2O8. The van der Waals surface area contributed by atoms with E-state index in [4.69, 9.17) is 14.2 Å². The largest absolute Gasteiger partial charge is 0.478 e. The van der Waals surface area contributed by atoms with Gasteiger partial charge in [0, 0.05) is 18.2 Å². The number of carboxylic acids is 1. The molecule has 0 atom stereocenters. The summed E-state index contributed by atoms with van der Waals surface area (Å²) in [5, 5.41) is 12.8. The van der Waals surface area contributed by atoms with Crippen molar-refractivity contribution < 1.29 is 38.5 Å². The van der Waals surface area contributed by atoms with Crippen LogP contribution in [0, 0.1) is 0 Å². The van der Waals surface area contributed by atoms with Gasteiger partial charge in [0.25, 0.3) is 11.8 Å². The third-order valence-electron chi connectivity index (χ3n) is 9.74. The molecule has 274 valence electrons. The van der Waals surface area contributed by atoms with Crippen LogP contribution in [0.2, 0.25) is 0 Å². The smallest absolute Gasteiger partial charge is 0.338 e. The van der Waals surface area contributed by atoms with E-state index in [2.05, 4.69) is 31.3 Å². The zero-order valence-electron chi connectivity index (χ0n) is 30.5. The third kappa shape index (κ3) is 7.13. The first-order valence-corrected chi connectivity index (χ1v) is 17.4. The van der Waals surface area contributed by atoms with Crippen molar-refractivity contribution in [3.63, 3.8) is 0 Å². The second-order valence-electron chi connectivity index (χ2n) is 13.4. The average molecular weight is 733 g/mol. The lowest BCUT2D eigenvalue weighted by Crippen LogP contribution is -2.29. The number of carbonyl (C=O) groups excluding carboxylic acids is 3. The Hall–Kier alpha value is -7.20. The fourth-order valence-electron chi connectivity index (χ4n) is 6.51. The standard InChI is InChI=1S/C45H36N2O8/c1-45(2,29-7-15-33(16-8-29)54-35-19-11-31(46-3)12-20-35)30-9-17-34(18-10-30)55-36-21-13-32(14-22-36)47-41(48)37-23-5-27(25-39(37)42(47)49)28-6-24-38(44(52)53-4)40(26-28)43(50)51/h5-26,46H,1-4H3,(H,50,51). The SMILES string of the molecule is CNc1ccc(Oc2ccc(C(C)(C)c3ccc(Oc4ccc(N5C(=O)c6ccc(-c7ccc(C(=O)OC)c(C(=O)O)c7)cc6C5=O)cc4)cc3)cc2)cc1. The Morgan fingerprint density at radius 1 is 0.600 bits per heavy atom. The van der Waals surface area contributed by atoms with E-state index in [1.54, 1.807) is 42.5 Å². The molecule has 0 unspecified atom stereocenters. The van der Waals surface area contributed by atoms with Gasteiger partial charge in [-0.2, -0.15) is 0 Å². The molecule has 1 aliphatic heterocycles. The molecule has 6 aromatic carbocycles. The molecule has 6 aromatic rings. The molecule has 0 aromatic heterocycles. The number of aromatic carboxylic acids is 1. The summed E-state index contributed by atoms with van der Waals surface area (Å²) in [4.78, 5) is 52.0. The van der Waals surface area contributed by atoms with Crippen molar-refractivity contribution in [3.8, 4) is 34.1 Å². The van der Waals surface area contributed by atoms with Gasteiger partial charge in [0.15, 0.2) is 0 Å². The Morgan fingerprint density at radius 2 is 1.07 bits per heavy atom. The molecular weight excluding hydrogens is 697 g/mol. The molecule has 0 spiro atoms. The van der Waals surface area contributed by atoms with Crippen LogP contribution in [0.3, 0.4) is 0 Å². The molecule has 10 nitrogen and oxygen atoms in total. The van der Waals surface area contributed by atoms with E-state index in [-0.39, 0.29) is 27.7 Å². The van der Waals surface area contributed by atoms with Gasteiger partial charge < -0.3 is 24.6 Å². The number of fused-ring (bicyclic) bond motifs is 1. The van der Waals surface area contributed by atoms with Crippen molar-refractivity contribution in [1.29, 1.82) is 0 Å². The van der Waals surface area contributed by atoms with Crippen LogP contribution < -0.4 is 19.7 Å². The highest BCUT2D eigenvalue weighted by Gasteiger charge is 2.37. The summed E-state index contributed by atoms with van der Waals surface area (Å²) in [7, 11) is 3.04. The van der Waals surface area contributed by atoms with Crippen LogP contribution in [0.1, 0.15) is 66.4 Å². The first-order chi connectivity index (χ1) is 26.5. The van der Waals surface area contributed by atoms with Crippen LogP contribution in [-0.4, -0.2) is 43.0 Å². The van der Waals surface area contributed by atoms with Crippen molar-refractivity contribution in [2.75, 3.05) is 24.4 Å². The minimum absolute atomic E-state index is 0.0949. The van der Waals surface area contributed by atoms with Gasteiger partial charge in [0.05, 0.1) is 35.1 Å². The predicted molar refractivity (Wildman–Crippen MR) is 209 cm³/mol.